The molecule has 5 nitrogen and oxygen atoms in total. The Morgan fingerprint density at radius 1 is 0.938 bits per heavy atom. The normalized spacial score (nSPS) is 14.1. The fourth-order valence-corrected chi connectivity index (χ4v) is 4.61. The van der Waals surface area contributed by atoms with E-state index in [0.717, 1.165) is 59.3 Å². The largest absolute Gasteiger partial charge is 0.384 e. The number of rotatable bonds is 10. The minimum absolute atomic E-state index is 0.724. The molecule has 0 atom stereocenters. The van der Waals surface area contributed by atoms with Gasteiger partial charge in [-0.2, -0.15) is 0 Å². The summed E-state index contributed by atoms with van der Waals surface area (Å²) in [4.78, 5) is 16.3. The van der Waals surface area contributed by atoms with Crippen molar-refractivity contribution in [2.24, 2.45) is 0 Å². The van der Waals surface area contributed by atoms with E-state index in [2.05, 4.69) is 33.2 Å². The van der Waals surface area contributed by atoms with E-state index < -0.39 is 0 Å². The lowest BCUT2D eigenvalue weighted by Gasteiger charge is -2.27. The highest BCUT2D eigenvalue weighted by Crippen LogP contribution is 2.24. The van der Waals surface area contributed by atoms with Gasteiger partial charge < -0.3 is 10.2 Å². The van der Waals surface area contributed by atoms with E-state index in [9.17, 15) is 0 Å². The third kappa shape index (κ3) is 6.32. The monoisotopic (exact) mass is 451 g/mol. The van der Waals surface area contributed by atoms with Gasteiger partial charge in [-0.3, -0.25) is 4.98 Å². The van der Waals surface area contributed by atoms with Gasteiger partial charge in [0, 0.05) is 53.3 Å². The van der Waals surface area contributed by atoms with Crippen LogP contribution in [0.15, 0.2) is 36.5 Å². The Morgan fingerprint density at radius 2 is 1.75 bits per heavy atom. The summed E-state index contributed by atoms with van der Waals surface area (Å²) >= 11 is 6.08. The van der Waals surface area contributed by atoms with Crippen LogP contribution in [0.25, 0.3) is 10.9 Å². The zero-order valence-electron chi connectivity index (χ0n) is 19.1. The Kier molecular flexibility index (Phi) is 8.16. The van der Waals surface area contributed by atoms with Gasteiger partial charge in [0.15, 0.2) is 0 Å². The lowest BCUT2D eigenvalue weighted by atomic mass is 10.1. The third-order valence-electron chi connectivity index (χ3n) is 6.16. The zero-order valence-corrected chi connectivity index (χ0v) is 19.9. The number of aryl methyl sites for hydroxylation is 2. The van der Waals surface area contributed by atoms with Crippen LogP contribution in [0.4, 0.5) is 11.6 Å². The Morgan fingerprint density at radius 3 is 2.62 bits per heavy atom. The lowest BCUT2D eigenvalue weighted by Crippen LogP contribution is -2.31. The van der Waals surface area contributed by atoms with Crippen LogP contribution in [0.5, 0.6) is 0 Å². The topological polar surface area (TPSA) is 53.9 Å². The van der Waals surface area contributed by atoms with Gasteiger partial charge in [0.25, 0.3) is 0 Å². The molecule has 1 N–H and O–H groups in total. The van der Waals surface area contributed by atoms with Crippen LogP contribution in [0.2, 0.25) is 5.02 Å². The van der Waals surface area contributed by atoms with Gasteiger partial charge in [-0.1, -0.05) is 30.9 Å². The molecule has 1 aliphatic rings. The summed E-state index contributed by atoms with van der Waals surface area (Å²) in [5.74, 6) is 0.941. The summed E-state index contributed by atoms with van der Waals surface area (Å²) in [6.07, 6.45) is 12.8. The number of aromatic nitrogens is 3. The number of halogens is 1. The quantitative estimate of drug-likeness (QED) is 0.352. The predicted molar refractivity (Wildman–Crippen MR) is 135 cm³/mol. The second-order valence-electron chi connectivity index (χ2n) is 8.81. The number of unbranched alkanes of at least 4 members (excludes halogenated alkanes) is 4. The number of anilines is 2. The number of hydrogen-bond donors (Lipinski definition) is 1. The van der Waals surface area contributed by atoms with Crippen LogP contribution in [0.3, 0.4) is 0 Å². The summed E-state index contributed by atoms with van der Waals surface area (Å²) in [7, 11) is 0. The summed E-state index contributed by atoms with van der Waals surface area (Å²) in [6.45, 7) is 5.26. The second kappa shape index (κ2) is 11.5. The van der Waals surface area contributed by atoms with Gasteiger partial charge in [0.1, 0.15) is 0 Å². The predicted octanol–water partition coefficient (Wildman–Crippen LogP) is 6.58. The molecule has 0 spiro atoms. The van der Waals surface area contributed by atoms with E-state index in [1.165, 1.54) is 57.1 Å². The Balaban J connectivity index is 1.15. The maximum absolute atomic E-state index is 6.08. The molecule has 6 heteroatoms. The third-order valence-corrected chi connectivity index (χ3v) is 6.40. The smallest absolute Gasteiger partial charge is 0.225 e. The minimum atomic E-state index is 0.724. The van der Waals surface area contributed by atoms with E-state index >= 15 is 0 Å². The van der Waals surface area contributed by atoms with Crippen molar-refractivity contribution < 1.29 is 0 Å². The number of pyridine rings is 1. The molecular formula is C26H34ClN5. The Bertz CT molecular complexity index is 1020. The number of nitrogens with one attached hydrogen (secondary N) is 1. The van der Waals surface area contributed by atoms with Crippen LogP contribution >= 0.6 is 11.6 Å². The first-order valence-corrected chi connectivity index (χ1v) is 12.4. The van der Waals surface area contributed by atoms with Crippen LogP contribution in [0.1, 0.15) is 62.8 Å². The van der Waals surface area contributed by atoms with E-state index in [-0.39, 0.29) is 0 Å². The van der Waals surface area contributed by atoms with Crippen molar-refractivity contribution in [3.63, 3.8) is 0 Å². The van der Waals surface area contributed by atoms with E-state index in [1.807, 2.05) is 30.5 Å². The van der Waals surface area contributed by atoms with E-state index in [1.54, 1.807) is 0 Å². The number of piperidine rings is 1. The van der Waals surface area contributed by atoms with Gasteiger partial charge in [-0.25, -0.2) is 9.97 Å². The molecule has 0 radical (unpaired) electrons. The van der Waals surface area contributed by atoms with Crippen LogP contribution in [-0.4, -0.2) is 34.6 Å². The lowest BCUT2D eigenvalue weighted by molar-refractivity contribution is 0.565. The molecule has 32 heavy (non-hydrogen) atoms. The van der Waals surface area contributed by atoms with Crippen LogP contribution in [-0.2, 0) is 6.42 Å². The molecule has 170 valence electrons. The summed E-state index contributed by atoms with van der Waals surface area (Å²) in [5.41, 5.74) is 4.36. The van der Waals surface area contributed by atoms with Gasteiger partial charge in [0.2, 0.25) is 5.95 Å². The van der Waals surface area contributed by atoms with Gasteiger partial charge >= 0.3 is 0 Å². The number of benzene rings is 1. The highest BCUT2D eigenvalue weighted by atomic mass is 35.5. The maximum Gasteiger partial charge on any atom is 0.225 e. The molecule has 0 bridgehead atoms. The second-order valence-corrected chi connectivity index (χ2v) is 9.25. The highest BCUT2D eigenvalue weighted by Gasteiger charge is 2.14. The molecule has 0 aliphatic carbocycles. The van der Waals surface area contributed by atoms with Crippen molar-refractivity contribution >= 4 is 34.1 Å². The highest BCUT2D eigenvalue weighted by molar-refractivity contribution is 6.31. The summed E-state index contributed by atoms with van der Waals surface area (Å²) in [5, 5.41) is 5.41. The molecule has 3 aromatic rings. The van der Waals surface area contributed by atoms with E-state index in [0.29, 0.717) is 0 Å². The molecule has 0 amide bonds. The Hall–Kier alpha value is -2.40. The molecular weight excluding hydrogens is 418 g/mol. The number of fused-ring (bicyclic) bond motifs is 1. The molecule has 1 saturated heterocycles. The fourth-order valence-electron chi connectivity index (χ4n) is 4.44. The van der Waals surface area contributed by atoms with Crippen molar-refractivity contribution in [1.29, 1.82) is 0 Å². The number of hydrogen-bond acceptors (Lipinski definition) is 5. The summed E-state index contributed by atoms with van der Waals surface area (Å²) in [6, 6.07) is 10.1. The van der Waals surface area contributed by atoms with Gasteiger partial charge in [-0.15, -0.1) is 0 Å². The molecule has 2 aromatic heterocycles. The average molecular weight is 452 g/mol. The number of nitrogens with zero attached hydrogens (tertiary/aromatic N) is 4. The van der Waals surface area contributed by atoms with Crippen LogP contribution in [0, 0.1) is 6.92 Å². The van der Waals surface area contributed by atoms with Crippen molar-refractivity contribution in [2.45, 2.75) is 64.7 Å². The molecule has 1 aromatic carbocycles. The first-order chi connectivity index (χ1) is 15.7. The average Bonchev–Trinajstić information content (AvgIpc) is 2.81. The van der Waals surface area contributed by atoms with Crippen LogP contribution < -0.4 is 10.2 Å². The van der Waals surface area contributed by atoms with Crippen molar-refractivity contribution in [1.82, 2.24) is 15.0 Å². The minimum Gasteiger partial charge on any atom is -0.384 e. The van der Waals surface area contributed by atoms with Crippen molar-refractivity contribution in [3.8, 4) is 0 Å². The molecule has 1 aliphatic heterocycles. The Labute approximate surface area is 196 Å². The van der Waals surface area contributed by atoms with Crippen molar-refractivity contribution in [2.75, 3.05) is 29.9 Å². The van der Waals surface area contributed by atoms with E-state index in [4.69, 9.17) is 16.6 Å². The molecule has 0 unspecified atom stereocenters. The molecule has 0 saturated carbocycles. The van der Waals surface area contributed by atoms with Gasteiger partial charge in [-0.05, 0) is 75.8 Å². The van der Waals surface area contributed by atoms with Gasteiger partial charge in [0.05, 0.1) is 5.52 Å². The van der Waals surface area contributed by atoms with Crippen molar-refractivity contribution in [3.05, 3.63) is 52.9 Å². The fraction of sp³-hybridized carbons (Fsp3) is 0.500. The first kappa shape index (κ1) is 22.8. The maximum atomic E-state index is 6.08. The first-order valence-electron chi connectivity index (χ1n) is 12.1. The standard InChI is InChI=1S/C26H34ClN5/c1-20-18-22(31-26(30-20)32-16-8-5-9-17-32)10-6-3-2-4-7-14-28-24-13-15-29-25-19-21(27)11-12-23(24)25/h11-13,15,18-19H,2-10,14,16-17H2,1H3,(H,28,29). The molecule has 1 fully saturated rings. The summed E-state index contributed by atoms with van der Waals surface area (Å²) < 4.78 is 0. The zero-order chi connectivity index (χ0) is 22.2. The SMILES string of the molecule is Cc1cc(CCCCCCCNc2ccnc3cc(Cl)ccc23)nc(N2CCCCC2)n1. The molecule has 3 heterocycles. The molecule has 4 rings (SSSR count).